The summed E-state index contributed by atoms with van der Waals surface area (Å²) in [6.45, 7) is 1.23. The summed E-state index contributed by atoms with van der Waals surface area (Å²) in [4.78, 5) is 28.9. The third-order valence-electron chi connectivity index (χ3n) is 3.34. The SMILES string of the molecule is CNC(=O)c1cc(OC2CCCN(C(=O)CCl)C2)ccn1. The molecule has 0 radical (unpaired) electrons. The van der Waals surface area contributed by atoms with E-state index in [-0.39, 0.29) is 23.8 Å². The molecule has 114 valence electrons. The number of likely N-dealkylation sites (tertiary alicyclic amines) is 1. The van der Waals surface area contributed by atoms with Gasteiger partial charge in [0.25, 0.3) is 5.91 Å². The predicted octanol–water partition coefficient (Wildman–Crippen LogP) is 1.05. The number of nitrogens with one attached hydrogen (secondary N) is 1. The van der Waals surface area contributed by atoms with Crippen LogP contribution in [0.5, 0.6) is 5.75 Å². The molecule has 1 aliphatic rings. The largest absolute Gasteiger partial charge is 0.488 e. The highest BCUT2D eigenvalue weighted by atomic mass is 35.5. The molecule has 7 heteroatoms. The maximum atomic E-state index is 11.6. The quantitative estimate of drug-likeness (QED) is 0.844. The second-order valence-electron chi connectivity index (χ2n) is 4.81. The lowest BCUT2D eigenvalue weighted by Gasteiger charge is -2.32. The number of halogens is 1. The van der Waals surface area contributed by atoms with Crippen molar-refractivity contribution in [2.24, 2.45) is 0 Å². The minimum absolute atomic E-state index is 0.0111. The van der Waals surface area contributed by atoms with Crippen LogP contribution >= 0.6 is 11.6 Å². The number of pyridine rings is 1. The number of aromatic nitrogens is 1. The van der Waals surface area contributed by atoms with Crippen molar-refractivity contribution in [1.82, 2.24) is 15.2 Å². The van der Waals surface area contributed by atoms with Crippen molar-refractivity contribution in [2.75, 3.05) is 26.0 Å². The van der Waals surface area contributed by atoms with Crippen LogP contribution < -0.4 is 10.1 Å². The molecule has 0 aliphatic carbocycles. The smallest absolute Gasteiger partial charge is 0.269 e. The van der Waals surface area contributed by atoms with Gasteiger partial charge in [-0.15, -0.1) is 11.6 Å². The van der Waals surface area contributed by atoms with Gasteiger partial charge in [0.15, 0.2) is 0 Å². The van der Waals surface area contributed by atoms with Crippen LogP contribution in [-0.4, -0.2) is 53.8 Å². The van der Waals surface area contributed by atoms with Crippen molar-refractivity contribution in [3.8, 4) is 5.75 Å². The van der Waals surface area contributed by atoms with Crippen molar-refractivity contribution in [3.63, 3.8) is 0 Å². The van der Waals surface area contributed by atoms with Gasteiger partial charge in [-0.2, -0.15) is 0 Å². The van der Waals surface area contributed by atoms with Crippen LogP contribution in [0.2, 0.25) is 0 Å². The standard InChI is InChI=1S/C14H18ClN3O3/c1-16-14(20)12-7-10(4-5-17-12)21-11-3-2-6-18(9-11)13(19)8-15/h4-5,7,11H,2-3,6,8-9H2,1H3,(H,16,20). The van der Waals surface area contributed by atoms with E-state index < -0.39 is 0 Å². The molecule has 1 aromatic heterocycles. The van der Waals surface area contributed by atoms with Crippen LogP contribution in [0.3, 0.4) is 0 Å². The lowest BCUT2D eigenvalue weighted by molar-refractivity contribution is -0.131. The number of hydrogen-bond acceptors (Lipinski definition) is 4. The average Bonchev–Trinajstić information content (AvgIpc) is 2.53. The molecule has 1 aliphatic heterocycles. The summed E-state index contributed by atoms with van der Waals surface area (Å²) in [5.41, 5.74) is 0.305. The number of nitrogens with zero attached hydrogens (tertiary/aromatic N) is 2. The van der Waals surface area contributed by atoms with Crippen LogP contribution in [0.1, 0.15) is 23.3 Å². The Morgan fingerprint density at radius 1 is 1.57 bits per heavy atom. The van der Waals surface area contributed by atoms with Gasteiger partial charge in [-0.05, 0) is 18.9 Å². The van der Waals surface area contributed by atoms with Crippen molar-refractivity contribution in [2.45, 2.75) is 18.9 Å². The number of ether oxygens (including phenoxy) is 1. The second kappa shape index (κ2) is 7.26. The topological polar surface area (TPSA) is 71.5 Å². The van der Waals surface area contributed by atoms with E-state index in [0.29, 0.717) is 24.5 Å². The van der Waals surface area contributed by atoms with Gasteiger partial charge in [-0.3, -0.25) is 14.6 Å². The van der Waals surface area contributed by atoms with Gasteiger partial charge < -0.3 is 15.0 Å². The molecule has 21 heavy (non-hydrogen) atoms. The van der Waals surface area contributed by atoms with E-state index in [1.807, 2.05) is 0 Å². The molecule has 1 fully saturated rings. The summed E-state index contributed by atoms with van der Waals surface area (Å²) in [6.07, 6.45) is 3.18. The Labute approximate surface area is 128 Å². The highest BCUT2D eigenvalue weighted by Gasteiger charge is 2.24. The van der Waals surface area contributed by atoms with Gasteiger partial charge in [0.1, 0.15) is 23.4 Å². The lowest BCUT2D eigenvalue weighted by Crippen LogP contribution is -2.44. The molecule has 1 N–H and O–H groups in total. The van der Waals surface area contributed by atoms with Gasteiger partial charge in [0.2, 0.25) is 5.91 Å². The predicted molar refractivity (Wildman–Crippen MR) is 78.6 cm³/mol. The third kappa shape index (κ3) is 4.07. The molecule has 2 amide bonds. The molecule has 0 spiro atoms. The normalized spacial score (nSPS) is 18.2. The maximum absolute atomic E-state index is 11.6. The molecular weight excluding hydrogens is 294 g/mol. The molecule has 1 atom stereocenters. The number of carbonyl (C=O) groups is 2. The molecule has 0 saturated carbocycles. The Morgan fingerprint density at radius 2 is 2.38 bits per heavy atom. The van der Waals surface area contributed by atoms with Crippen molar-refractivity contribution in [1.29, 1.82) is 0 Å². The minimum Gasteiger partial charge on any atom is -0.488 e. The first-order valence-electron chi connectivity index (χ1n) is 6.82. The summed E-state index contributed by atoms with van der Waals surface area (Å²) >= 11 is 5.58. The Kier molecular flexibility index (Phi) is 5.38. The van der Waals surface area contributed by atoms with E-state index in [2.05, 4.69) is 10.3 Å². The number of rotatable bonds is 4. The van der Waals surface area contributed by atoms with E-state index in [4.69, 9.17) is 16.3 Å². The fourth-order valence-electron chi connectivity index (χ4n) is 2.27. The lowest BCUT2D eigenvalue weighted by atomic mass is 10.1. The average molecular weight is 312 g/mol. The second-order valence-corrected chi connectivity index (χ2v) is 5.08. The third-order valence-corrected chi connectivity index (χ3v) is 3.57. The van der Waals surface area contributed by atoms with Crippen LogP contribution in [0, 0.1) is 0 Å². The monoisotopic (exact) mass is 311 g/mol. The fourth-order valence-corrected chi connectivity index (χ4v) is 2.44. The van der Waals surface area contributed by atoms with Crippen LogP contribution in [0.15, 0.2) is 18.3 Å². The Morgan fingerprint density at radius 3 is 3.10 bits per heavy atom. The van der Waals surface area contributed by atoms with Crippen LogP contribution in [-0.2, 0) is 4.79 Å². The summed E-state index contributed by atoms with van der Waals surface area (Å²) in [5, 5.41) is 2.52. The van der Waals surface area contributed by atoms with Gasteiger partial charge >= 0.3 is 0 Å². The van der Waals surface area contributed by atoms with E-state index >= 15 is 0 Å². The molecule has 2 rings (SSSR count). The molecular formula is C14H18ClN3O3. The Hall–Kier alpha value is -1.82. The Balaban J connectivity index is 2.01. The summed E-state index contributed by atoms with van der Waals surface area (Å²) < 4.78 is 5.86. The summed E-state index contributed by atoms with van der Waals surface area (Å²) in [7, 11) is 1.55. The summed E-state index contributed by atoms with van der Waals surface area (Å²) in [6, 6.07) is 3.30. The zero-order chi connectivity index (χ0) is 15.2. The number of alkyl halides is 1. The molecule has 6 nitrogen and oxygen atoms in total. The zero-order valence-electron chi connectivity index (χ0n) is 11.8. The van der Waals surface area contributed by atoms with Crippen LogP contribution in [0.4, 0.5) is 0 Å². The molecule has 0 bridgehead atoms. The van der Waals surface area contributed by atoms with E-state index in [1.54, 1.807) is 24.1 Å². The molecule has 1 saturated heterocycles. The number of amides is 2. The van der Waals surface area contributed by atoms with Crippen molar-refractivity contribution >= 4 is 23.4 Å². The van der Waals surface area contributed by atoms with Crippen LogP contribution in [0.25, 0.3) is 0 Å². The fraction of sp³-hybridized carbons (Fsp3) is 0.500. The number of hydrogen-bond donors (Lipinski definition) is 1. The molecule has 1 unspecified atom stereocenters. The van der Waals surface area contributed by atoms with Gasteiger partial charge in [0.05, 0.1) is 6.54 Å². The first kappa shape index (κ1) is 15.6. The summed E-state index contributed by atoms with van der Waals surface area (Å²) in [5.74, 6) is 0.227. The van der Waals surface area contributed by atoms with Crippen molar-refractivity contribution < 1.29 is 14.3 Å². The van der Waals surface area contributed by atoms with Gasteiger partial charge in [0, 0.05) is 25.9 Å². The van der Waals surface area contributed by atoms with E-state index in [0.717, 1.165) is 12.8 Å². The Bertz CT molecular complexity index is 524. The minimum atomic E-state index is -0.261. The van der Waals surface area contributed by atoms with Gasteiger partial charge in [-0.25, -0.2) is 0 Å². The first-order chi connectivity index (χ1) is 10.1. The van der Waals surface area contributed by atoms with Crippen molar-refractivity contribution in [3.05, 3.63) is 24.0 Å². The highest BCUT2D eigenvalue weighted by molar-refractivity contribution is 6.27. The van der Waals surface area contributed by atoms with Gasteiger partial charge in [-0.1, -0.05) is 0 Å². The number of piperidine rings is 1. The van der Waals surface area contributed by atoms with E-state index in [9.17, 15) is 9.59 Å². The number of carbonyl (C=O) groups excluding carboxylic acids is 2. The van der Waals surface area contributed by atoms with E-state index in [1.165, 1.54) is 6.20 Å². The molecule has 2 heterocycles. The zero-order valence-corrected chi connectivity index (χ0v) is 12.6. The molecule has 0 aromatic carbocycles. The molecule has 1 aromatic rings. The highest BCUT2D eigenvalue weighted by Crippen LogP contribution is 2.19. The maximum Gasteiger partial charge on any atom is 0.269 e. The first-order valence-corrected chi connectivity index (χ1v) is 7.36.